The minimum Gasteiger partial charge on any atom is -0.444 e. The molecule has 17 heavy (non-hydrogen) atoms. The molecular weight excluding hydrogens is 216 g/mol. The molecule has 1 rings (SSSR count). The summed E-state index contributed by atoms with van der Waals surface area (Å²) in [4.78, 5) is 11.4. The fourth-order valence-electron chi connectivity index (χ4n) is 1.97. The van der Waals surface area contributed by atoms with E-state index in [4.69, 9.17) is 4.74 Å². The van der Waals surface area contributed by atoms with E-state index in [2.05, 4.69) is 24.5 Å². The zero-order chi connectivity index (χ0) is 13.1. The van der Waals surface area contributed by atoms with Crippen LogP contribution < -0.4 is 10.6 Å². The maximum absolute atomic E-state index is 11.4. The summed E-state index contributed by atoms with van der Waals surface area (Å²) < 4.78 is 5.15. The smallest absolute Gasteiger partial charge is 0.407 e. The molecule has 0 aromatic rings. The molecule has 1 fully saturated rings. The quantitative estimate of drug-likeness (QED) is 0.744. The molecule has 0 heterocycles. The highest BCUT2D eigenvalue weighted by Gasteiger charge is 2.37. The molecule has 4 heteroatoms. The molecule has 100 valence electrons. The summed E-state index contributed by atoms with van der Waals surface area (Å²) in [7, 11) is 0. The largest absolute Gasteiger partial charge is 0.444 e. The zero-order valence-corrected chi connectivity index (χ0v) is 11.7. The summed E-state index contributed by atoms with van der Waals surface area (Å²) in [5.41, 5.74) is -0.0145. The van der Waals surface area contributed by atoms with Crippen LogP contribution in [0.5, 0.6) is 0 Å². The molecule has 1 saturated carbocycles. The van der Waals surface area contributed by atoms with Crippen LogP contribution >= 0.6 is 0 Å². The summed E-state index contributed by atoms with van der Waals surface area (Å²) in [5, 5.41) is 6.20. The molecule has 1 unspecified atom stereocenters. The third kappa shape index (κ3) is 4.94. The minimum absolute atomic E-state index is 0.341. The van der Waals surface area contributed by atoms with Crippen molar-refractivity contribution in [3.63, 3.8) is 0 Å². The normalized spacial score (nSPS) is 22.8. The first kappa shape index (κ1) is 14.3. The standard InChI is InChI=1S/C13H26N2O2/c1-12(2,3)17-11(16)15-9-8-14-10-6-7-13(10,4)5/h10,14H,6-9H2,1-5H3,(H,15,16). The molecule has 2 N–H and O–H groups in total. The lowest BCUT2D eigenvalue weighted by atomic mass is 9.67. The van der Waals surface area contributed by atoms with Crippen molar-refractivity contribution in [1.82, 2.24) is 10.6 Å². The maximum atomic E-state index is 11.4. The monoisotopic (exact) mass is 242 g/mol. The molecule has 0 radical (unpaired) electrons. The van der Waals surface area contributed by atoms with Crippen LogP contribution in [0.3, 0.4) is 0 Å². The van der Waals surface area contributed by atoms with Gasteiger partial charge in [-0.15, -0.1) is 0 Å². The summed E-state index contributed by atoms with van der Waals surface area (Å²) in [5.74, 6) is 0. The van der Waals surface area contributed by atoms with Crippen LogP contribution in [0.25, 0.3) is 0 Å². The van der Waals surface area contributed by atoms with E-state index < -0.39 is 5.60 Å². The van der Waals surface area contributed by atoms with E-state index >= 15 is 0 Å². The minimum atomic E-state index is -0.423. The van der Waals surface area contributed by atoms with Gasteiger partial charge in [0.2, 0.25) is 0 Å². The summed E-state index contributed by atoms with van der Waals surface area (Å²) >= 11 is 0. The molecule has 1 aliphatic rings. The van der Waals surface area contributed by atoms with Crippen LogP contribution in [0.4, 0.5) is 4.79 Å². The Hall–Kier alpha value is -0.770. The highest BCUT2D eigenvalue weighted by molar-refractivity contribution is 5.67. The SMILES string of the molecule is CC(C)(C)OC(=O)NCCNC1CCC1(C)C. The molecule has 1 atom stereocenters. The molecule has 0 spiro atoms. The van der Waals surface area contributed by atoms with Gasteiger partial charge in [-0.2, -0.15) is 0 Å². The Kier molecular flexibility index (Phi) is 4.42. The van der Waals surface area contributed by atoms with Crippen LogP contribution in [0, 0.1) is 5.41 Å². The number of amides is 1. The Morgan fingerprint density at radius 2 is 2.00 bits per heavy atom. The fourth-order valence-corrected chi connectivity index (χ4v) is 1.97. The number of alkyl carbamates (subject to hydrolysis) is 1. The van der Waals surface area contributed by atoms with Crippen molar-refractivity contribution in [2.75, 3.05) is 13.1 Å². The number of hydrogen-bond donors (Lipinski definition) is 2. The van der Waals surface area contributed by atoms with Crippen molar-refractivity contribution in [2.24, 2.45) is 5.41 Å². The first-order chi connectivity index (χ1) is 7.71. The number of ether oxygens (including phenoxy) is 1. The van der Waals surface area contributed by atoms with Gasteiger partial charge < -0.3 is 15.4 Å². The van der Waals surface area contributed by atoms with Crippen molar-refractivity contribution in [3.8, 4) is 0 Å². The fraction of sp³-hybridized carbons (Fsp3) is 0.923. The summed E-state index contributed by atoms with van der Waals surface area (Å²) in [6.45, 7) is 11.5. The van der Waals surface area contributed by atoms with E-state index in [1.807, 2.05) is 20.8 Å². The number of carbonyl (C=O) groups excluding carboxylic acids is 1. The number of nitrogens with one attached hydrogen (secondary N) is 2. The van der Waals surface area contributed by atoms with E-state index in [0.717, 1.165) is 6.54 Å². The maximum Gasteiger partial charge on any atom is 0.407 e. The average molecular weight is 242 g/mol. The second-order valence-electron chi connectivity index (χ2n) is 6.46. The highest BCUT2D eigenvalue weighted by atomic mass is 16.6. The summed E-state index contributed by atoms with van der Waals surface area (Å²) in [6.07, 6.45) is 2.18. The second kappa shape index (κ2) is 5.25. The van der Waals surface area contributed by atoms with Crippen LogP contribution in [0.15, 0.2) is 0 Å². The van der Waals surface area contributed by atoms with Gasteiger partial charge in [-0.05, 0) is 39.0 Å². The van der Waals surface area contributed by atoms with Crippen molar-refractivity contribution in [3.05, 3.63) is 0 Å². The first-order valence-corrected chi connectivity index (χ1v) is 6.41. The Bertz CT molecular complexity index is 269. The van der Waals surface area contributed by atoms with Crippen LogP contribution in [-0.2, 0) is 4.74 Å². The lowest BCUT2D eigenvalue weighted by Crippen LogP contribution is -2.51. The third-order valence-electron chi connectivity index (χ3n) is 3.20. The molecular formula is C13H26N2O2. The summed E-state index contributed by atoms with van der Waals surface area (Å²) in [6, 6.07) is 0.586. The topological polar surface area (TPSA) is 50.4 Å². The molecule has 1 amide bonds. The van der Waals surface area contributed by atoms with Gasteiger partial charge in [0, 0.05) is 19.1 Å². The average Bonchev–Trinajstić information content (AvgIpc) is 2.13. The van der Waals surface area contributed by atoms with Gasteiger partial charge in [0.25, 0.3) is 0 Å². The predicted octanol–water partition coefficient (Wildman–Crippen LogP) is 2.29. The van der Waals surface area contributed by atoms with Crippen LogP contribution in [0.1, 0.15) is 47.5 Å². The van der Waals surface area contributed by atoms with E-state index in [1.165, 1.54) is 12.8 Å². The van der Waals surface area contributed by atoms with Crippen LogP contribution in [0.2, 0.25) is 0 Å². The lowest BCUT2D eigenvalue weighted by molar-refractivity contribution is 0.0523. The van der Waals surface area contributed by atoms with E-state index in [-0.39, 0.29) is 6.09 Å². The van der Waals surface area contributed by atoms with Crippen molar-refractivity contribution >= 4 is 6.09 Å². The Labute approximate surface area is 104 Å². The highest BCUT2D eigenvalue weighted by Crippen LogP contribution is 2.39. The van der Waals surface area contributed by atoms with Crippen molar-refractivity contribution in [1.29, 1.82) is 0 Å². The molecule has 0 aliphatic heterocycles. The molecule has 0 aromatic carbocycles. The molecule has 1 aliphatic carbocycles. The lowest BCUT2D eigenvalue weighted by Gasteiger charge is -2.45. The predicted molar refractivity (Wildman–Crippen MR) is 69.0 cm³/mol. The van der Waals surface area contributed by atoms with Gasteiger partial charge in [0.1, 0.15) is 5.60 Å². The zero-order valence-electron chi connectivity index (χ0n) is 11.7. The Morgan fingerprint density at radius 3 is 2.41 bits per heavy atom. The van der Waals surface area contributed by atoms with Gasteiger partial charge in [-0.3, -0.25) is 0 Å². The van der Waals surface area contributed by atoms with E-state index in [1.54, 1.807) is 0 Å². The van der Waals surface area contributed by atoms with Crippen molar-refractivity contribution in [2.45, 2.75) is 59.1 Å². The van der Waals surface area contributed by atoms with Gasteiger partial charge in [0.15, 0.2) is 0 Å². The van der Waals surface area contributed by atoms with Gasteiger partial charge >= 0.3 is 6.09 Å². The Morgan fingerprint density at radius 1 is 1.35 bits per heavy atom. The first-order valence-electron chi connectivity index (χ1n) is 6.41. The molecule has 0 saturated heterocycles. The van der Waals surface area contributed by atoms with E-state index in [9.17, 15) is 4.79 Å². The Balaban J connectivity index is 2.07. The third-order valence-corrected chi connectivity index (χ3v) is 3.20. The number of hydrogen-bond acceptors (Lipinski definition) is 3. The van der Waals surface area contributed by atoms with Crippen molar-refractivity contribution < 1.29 is 9.53 Å². The molecule has 0 aromatic heterocycles. The second-order valence-corrected chi connectivity index (χ2v) is 6.46. The van der Waals surface area contributed by atoms with E-state index in [0.29, 0.717) is 18.0 Å². The van der Waals surface area contributed by atoms with Gasteiger partial charge in [-0.25, -0.2) is 4.79 Å². The number of rotatable bonds is 4. The molecule has 4 nitrogen and oxygen atoms in total. The molecule has 0 bridgehead atoms. The number of carbonyl (C=O) groups is 1. The van der Waals surface area contributed by atoms with Gasteiger partial charge in [0.05, 0.1) is 0 Å². The van der Waals surface area contributed by atoms with Gasteiger partial charge in [-0.1, -0.05) is 13.8 Å². The van der Waals surface area contributed by atoms with Crippen LogP contribution in [-0.4, -0.2) is 30.8 Å².